The molecule has 1 aromatic heterocycles. The normalized spacial score (nSPS) is 9.67. The number of carboxylic acid groups (broad SMARTS) is 1. The zero-order valence-corrected chi connectivity index (χ0v) is 6.60. The maximum atomic E-state index is 10.3. The molecule has 1 heterocycles. The molecule has 0 aliphatic heterocycles. The van der Waals surface area contributed by atoms with Crippen LogP contribution in [0, 0.1) is 0 Å². The Morgan fingerprint density at radius 2 is 2.58 bits per heavy atom. The van der Waals surface area contributed by atoms with E-state index in [1.54, 1.807) is 23.2 Å². The lowest BCUT2D eigenvalue weighted by molar-refractivity contribution is -0.136. The highest BCUT2D eigenvalue weighted by molar-refractivity contribution is 5.69. The Hall–Kier alpha value is -1.58. The first-order chi connectivity index (χ1) is 5.72. The average Bonchev–Trinajstić information content (AvgIpc) is 2.36. The zero-order chi connectivity index (χ0) is 8.97. The summed E-state index contributed by atoms with van der Waals surface area (Å²) in [6, 6.07) is 0. The van der Waals surface area contributed by atoms with Crippen LogP contribution in [0.3, 0.4) is 0 Å². The predicted molar refractivity (Wildman–Crippen MR) is 43.8 cm³/mol. The van der Waals surface area contributed by atoms with E-state index in [9.17, 15) is 4.79 Å². The van der Waals surface area contributed by atoms with E-state index in [0.29, 0.717) is 12.1 Å². The van der Waals surface area contributed by atoms with Crippen molar-refractivity contribution in [1.82, 2.24) is 9.78 Å². The van der Waals surface area contributed by atoms with Crippen molar-refractivity contribution in [3.8, 4) is 0 Å². The monoisotopic (exact) mass is 166 g/mol. The molecule has 0 atom stereocenters. The molecule has 0 amide bonds. The zero-order valence-electron chi connectivity index (χ0n) is 6.60. The number of hydrogen-bond donors (Lipinski definition) is 1. The molecule has 0 fully saturated rings. The summed E-state index contributed by atoms with van der Waals surface area (Å²) in [5.41, 5.74) is 0.712. The van der Waals surface area contributed by atoms with E-state index in [-0.39, 0.29) is 6.42 Å². The lowest BCUT2D eigenvalue weighted by Crippen LogP contribution is -1.99. The quantitative estimate of drug-likeness (QED) is 0.670. The van der Waals surface area contributed by atoms with Crippen molar-refractivity contribution < 1.29 is 9.90 Å². The van der Waals surface area contributed by atoms with E-state index in [1.165, 1.54) is 0 Å². The molecule has 12 heavy (non-hydrogen) atoms. The molecule has 1 rings (SSSR count). The smallest absolute Gasteiger partial charge is 0.307 e. The van der Waals surface area contributed by atoms with Gasteiger partial charge in [0.2, 0.25) is 0 Å². The van der Waals surface area contributed by atoms with Crippen LogP contribution in [0.4, 0.5) is 0 Å². The Kier molecular flexibility index (Phi) is 2.63. The van der Waals surface area contributed by atoms with Crippen LogP contribution in [0.2, 0.25) is 0 Å². The van der Waals surface area contributed by atoms with E-state index < -0.39 is 5.97 Å². The van der Waals surface area contributed by atoms with Gasteiger partial charge < -0.3 is 5.11 Å². The minimum Gasteiger partial charge on any atom is -0.481 e. The van der Waals surface area contributed by atoms with Gasteiger partial charge in [0.05, 0.1) is 19.2 Å². The minimum atomic E-state index is -0.840. The number of aliphatic carboxylic acids is 1. The molecular formula is C8H10N2O2. The van der Waals surface area contributed by atoms with Crippen LogP contribution >= 0.6 is 0 Å². The number of allylic oxidation sites excluding steroid dienone is 1. The standard InChI is InChI=1S/C8H10N2O2/c1-2-3-10-6-7(5-9-10)4-8(11)12/h2,5-6H,1,3-4H2,(H,11,12). The fraction of sp³-hybridized carbons (Fsp3) is 0.250. The van der Waals surface area contributed by atoms with E-state index in [0.717, 1.165) is 0 Å². The minimum absolute atomic E-state index is 0.0249. The first kappa shape index (κ1) is 8.52. The van der Waals surface area contributed by atoms with Crippen LogP contribution in [-0.2, 0) is 17.8 Å². The second kappa shape index (κ2) is 3.71. The summed E-state index contributed by atoms with van der Waals surface area (Å²) in [4.78, 5) is 10.3. The van der Waals surface area contributed by atoms with Crippen molar-refractivity contribution in [2.75, 3.05) is 0 Å². The first-order valence-corrected chi connectivity index (χ1v) is 3.56. The van der Waals surface area contributed by atoms with E-state index in [4.69, 9.17) is 5.11 Å². The number of hydrogen-bond acceptors (Lipinski definition) is 2. The van der Waals surface area contributed by atoms with Gasteiger partial charge in [0.25, 0.3) is 0 Å². The lowest BCUT2D eigenvalue weighted by atomic mass is 10.3. The Morgan fingerprint density at radius 1 is 1.83 bits per heavy atom. The van der Waals surface area contributed by atoms with Crippen molar-refractivity contribution in [2.24, 2.45) is 0 Å². The molecule has 0 aromatic carbocycles. The van der Waals surface area contributed by atoms with Crippen LogP contribution in [0.5, 0.6) is 0 Å². The Labute approximate surface area is 70.1 Å². The second-order valence-corrected chi connectivity index (χ2v) is 2.43. The Bertz CT molecular complexity index is 291. The van der Waals surface area contributed by atoms with Gasteiger partial charge >= 0.3 is 5.97 Å². The predicted octanol–water partition coefficient (Wildman–Crippen LogP) is 0.696. The lowest BCUT2D eigenvalue weighted by Gasteiger charge is -1.91. The third-order valence-electron chi connectivity index (χ3n) is 1.36. The number of aromatic nitrogens is 2. The van der Waals surface area contributed by atoms with Gasteiger partial charge in [-0.25, -0.2) is 0 Å². The first-order valence-electron chi connectivity index (χ1n) is 3.56. The average molecular weight is 166 g/mol. The van der Waals surface area contributed by atoms with Gasteiger partial charge in [0.1, 0.15) is 0 Å². The summed E-state index contributed by atoms with van der Waals surface area (Å²) in [6.45, 7) is 4.16. The van der Waals surface area contributed by atoms with Crippen molar-refractivity contribution in [2.45, 2.75) is 13.0 Å². The molecule has 0 aliphatic rings. The molecule has 0 aliphatic carbocycles. The molecule has 1 N–H and O–H groups in total. The third kappa shape index (κ3) is 2.23. The third-order valence-corrected chi connectivity index (χ3v) is 1.36. The topological polar surface area (TPSA) is 55.1 Å². The van der Waals surface area contributed by atoms with Crippen molar-refractivity contribution in [1.29, 1.82) is 0 Å². The van der Waals surface area contributed by atoms with Crippen LogP contribution in [0.1, 0.15) is 5.56 Å². The molecule has 0 saturated heterocycles. The summed E-state index contributed by atoms with van der Waals surface area (Å²) >= 11 is 0. The largest absolute Gasteiger partial charge is 0.481 e. The van der Waals surface area contributed by atoms with Crippen molar-refractivity contribution >= 4 is 5.97 Å². The van der Waals surface area contributed by atoms with Gasteiger partial charge in [-0.3, -0.25) is 9.48 Å². The maximum absolute atomic E-state index is 10.3. The maximum Gasteiger partial charge on any atom is 0.307 e. The highest BCUT2D eigenvalue weighted by Crippen LogP contribution is 1.98. The summed E-state index contributed by atoms with van der Waals surface area (Å²) in [5, 5.41) is 12.4. The molecule has 0 unspecified atom stereocenters. The van der Waals surface area contributed by atoms with E-state index >= 15 is 0 Å². The second-order valence-electron chi connectivity index (χ2n) is 2.43. The highest BCUT2D eigenvalue weighted by Gasteiger charge is 2.01. The summed E-state index contributed by atoms with van der Waals surface area (Å²) < 4.78 is 1.64. The van der Waals surface area contributed by atoms with Gasteiger partial charge in [0.15, 0.2) is 0 Å². The van der Waals surface area contributed by atoms with Crippen molar-refractivity contribution in [3.05, 3.63) is 30.6 Å². The van der Waals surface area contributed by atoms with Gasteiger partial charge in [0, 0.05) is 11.8 Å². The van der Waals surface area contributed by atoms with Crippen LogP contribution in [0.15, 0.2) is 25.0 Å². The fourth-order valence-corrected chi connectivity index (χ4v) is 0.904. The van der Waals surface area contributed by atoms with Crippen LogP contribution < -0.4 is 0 Å². The fourth-order valence-electron chi connectivity index (χ4n) is 0.904. The van der Waals surface area contributed by atoms with Crippen LogP contribution in [-0.4, -0.2) is 20.9 Å². The number of nitrogens with zero attached hydrogens (tertiary/aromatic N) is 2. The summed E-state index contributed by atoms with van der Waals surface area (Å²) in [5.74, 6) is -0.840. The number of rotatable bonds is 4. The number of carboxylic acids is 1. The number of carbonyl (C=O) groups is 1. The molecule has 1 aromatic rings. The van der Waals surface area contributed by atoms with E-state index in [1.807, 2.05) is 0 Å². The molecule has 4 nitrogen and oxygen atoms in total. The molecule has 0 bridgehead atoms. The molecule has 0 radical (unpaired) electrons. The SMILES string of the molecule is C=CCn1cc(CC(=O)O)cn1. The van der Waals surface area contributed by atoms with Gasteiger partial charge in [-0.2, -0.15) is 5.10 Å². The Balaban J connectivity index is 2.63. The molecular weight excluding hydrogens is 156 g/mol. The van der Waals surface area contributed by atoms with Gasteiger partial charge in [-0.05, 0) is 0 Å². The van der Waals surface area contributed by atoms with Crippen molar-refractivity contribution in [3.63, 3.8) is 0 Å². The molecule has 0 spiro atoms. The van der Waals surface area contributed by atoms with E-state index in [2.05, 4.69) is 11.7 Å². The molecule has 0 saturated carbocycles. The molecule has 64 valence electrons. The van der Waals surface area contributed by atoms with Crippen LogP contribution in [0.25, 0.3) is 0 Å². The van der Waals surface area contributed by atoms with Gasteiger partial charge in [-0.1, -0.05) is 6.08 Å². The Morgan fingerprint density at radius 3 is 3.17 bits per heavy atom. The molecule has 4 heteroatoms. The summed E-state index contributed by atoms with van der Waals surface area (Å²) in [7, 11) is 0. The highest BCUT2D eigenvalue weighted by atomic mass is 16.4. The summed E-state index contributed by atoms with van der Waals surface area (Å²) in [6.07, 6.45) is 4.99. The van der Waals surface area contributed by atoms with Gasteiger partial charge in [-0.15, -0.1) is 6.58 Å².